The van der Waals surface area contributed by atoms with Crippen molar-refractivity contribution in [2.75, 3.05) is 6.54 Å². The van der Waals surface area contributed by atoms with Crippen LogP contribution in [0.2, 0.25) is 0 Å². The van der Waals surface area contributed by atoms with Gasteiger partial charge in [-0.15, -0.1) is 0 Å². The Morgan fingerprint density at radius 3 is 2.59 bits per heavy atom. The van der Waals surface area contributed by atoms with Crippen LogP contribution in [0.4, 0.5) is 0 Å². The van der Waals surface area contributed by atoms with Gasteiger partial charge in [-0.05, 0) is 37.5 Å². The number of carbonyl (C=O) groups is 3. The maximum Gasteiger partial charge on any atom is 0.251 e. The molecule has 0 spiro atoms. The second kappa shape index (κ2) is 7.17. The summed E-state index contributed by atoms with van der Waals surface area (Å²) in [5.74, 6) is -0.887. The molecule has 2 atom stereocenters. The fourth-order valence-electron chi connectivity index (χ4n) is 2.36. The van der Waals surface area contributed by atoms with Gasteiger partial charge in [0.15, 0.2) is 0 Å². The van der Waals surface area contributed by atoms with E-state index in [1.54, 1.807) is 12.1 Å². The number of nitrogens with two attached hydrogens (primary N) is 1. The molecule has 1 aromatic carbocycles. The van der Waals surface area contributed by atoms with Crippen LogP contribution < -0.4 is 16.4 Å². The van der Waals surface area contributed by atoms with E-state index in [-0.39, 0.29) is 36.1 Å². The Bertz CT molecular complexity index is 567. The summed E-state index contributed by atoms with van der Waals surface area (Å²) < 4.78 is 0. The topological polar surface area (TPSA) is 101 Å². The van der Waals surface area contributed by atoms with Crippen molar-refractivity contribution in [2.45, 2.75) is 32.2 Å². The summed E-state index contributed by atoms with van der Waals surface area (Å²) in [4.78, 5) is 34.6. The maximum absolute atomic E-state index is 11.9. The first-order valence-electron chi connectivity index (χ1n) is 7.42. The Balaban J connectivity index is 1.88. The van der Waals surface area contributed by atoms with E-state index in [0.717, 1.165) is 12.0 Å². The van der Waals surface area contributed by atoms with E-state index in [1.807, 2.05) is 19.1 Å². The Morgan fingerprint density at radius 2 is 2.05 bits per heavy atom. The van der Waals surface area contributed by atoms with E-state index in [2.05, 4.69) is 10.6 Å². The van der Waals surface area contributed by atoms with Gasteiger partial charge in [-0.1, -0.05) is 12.1 Å². The quantitative estimate of drug-likeness (QED) is 0.660. The van der Waals surface area contributed by atoms with Gasteiger partial charge in [-0.25, -0.2) is 0 Å². The normalized spacial score (nSPS) is 18.9. The highest BCUT2D eigenvalue weighted by Gasteiger charge is 2.30. The molecule has 0 aromatic heterocycles. The zero-order valence-corrected chi connectivity index (χ0v) is 12.6. The first-order valence-corrected chi connectivity index (χ1v) is 7.42. The fourth-order valence-corrected chi connectivity index (χ4v) is 2.36. The van der Waals surface area contributed by atoms with Crippen LogP contribution in [0.1, 0.15) is 35.7 Å². The minimum absolute atomic E-state index is 0.0583. The predicted molar refractivity (Wildman–Crippen MR) is 82.0 cm³/mol. The number of benzene rings is 1. The summed E-state index contributed by atoms with van der Waals surface area (Å²) in [6.07, 6.45) is 1.47. The molecule has 6 heteroatoms. The van der Waals surface area contributed by atoms with Crippen molar-refractivity contribution in [1.29, 1.82) is 0 Å². The highest BCUT2D eigenvalue weighted by atomic mass is 16.2. The number of hydrogen-bond donors (Lipinski definition) is 3. The lowest BCUT2D eigenvalue weighted by molar-refractivity contribution is -0.125. The molecule has 1 aliphatic rings. The van der Waals surface area contributed by atoms with Crippen LogP contribution in [0.15, 0.2) is 24.3 Å². The molecular weight excluding hydrogens is 282 g/mol. The SMILES string of the molecule is CC(N)CCNC(=O)c1ccc(CC2CC(=O)NC2=O)cc1. The number of imide groups is 1. The van der Waals surface area contributed by atoms with Gasteiger partial charge in [0.05, 0.1) is 5.92 Å². The first-order chi connectivity index (χ1) is 10.5. The van der Waals surface area contributed by atoms with Gasteiger partial charge in [0.2, 0.25) is 11.8 Å². The number of hydrogen-bond acceptors (Lipinski definition) is 4. The molecule has 1 fully saturated rings. The summed E-state index contributed by atoms with van der Waals surface area (Å²) in [5, 5.41) is 5.10. The van der Waals surface area contributed by atoms with Gasteiger partial charge in [0, 0.05) is 24.6 Å². The van der Waals surface area contributed by atoms with Crippen molar-refractivity contribution < 1.29 is 14.4 Å². The van der Waals surface area contributed by atoms with Gasteiger partial charge >= 0.3 is 0 Å². The van der Waals surface area contributed by atoms with Gasteiger partial charge in [-0.2, -0.15) is 0 Å². The van der Waals surface area contributed by atoms with E-state index in [0.29, 0.717) is 18.5 Å². The highest BCUT2D eigenvalue weighted by Crippen LogP contribution is 2.17. The van der Waals surface area contributed by atoms with Crippen LogP contribution in [0, 0.1) is 5.92 Å². The summed E-state index contributed by atoms with van der Waals surface area (Å²) in [6.45, 7) is 2.44. The maximum atomic E-state index is 11.9. The molecule has 0 radical (unpaired) electrons. The molecule has 2 unspecified atom stereocenters. The lowest BCUT2D eigenvalue weighted by Gasteiger charge is -2.09. The van der Waals surface area contributed by atoms with Gasteiger partial charge in [-0.3, -0.25) is 19.7 Å². The van der Waals surface area contributed by atoms with E-state index in [4.69, 9.17) is 5.73 Å². The number of carbonyl (C=O) groups excluding carboxylic acids is 3. The first kappa shape index (κ1) is 16.2. The molecule has 1 saturated heterocycles. The van der Waals surface area contributed by atoms with Crippen molar-refractivity contribution in [3.05, 3.63) is 35.4 Å². The zero-order valence-electron chi connectivity index (χ0n) is 12.6. The Labute approximate surface area is 129 Å². The smallest absolute Gasteiger partial charge is 0.251 e. The van der Waals surface area contributed by atoms with Crippen LogP contribution in [0.3, 0.4) is 0 Å². The lowest BCUT2D eigenvalue weighted by atomic mass is 9.97. The number of amides is 3. The Morgan fingerprint density at radius 1 is 1.36 bits per heavy atom. The lowest BCUT2D eigenvalue weighted by Crippen LogP contribution is -2.28. The molecule has 1 heterocycles. The monoisotopic (exact) mass is 303 g/mol. The van der Waals surface area contributed by atoms with Crippen LogP contribution in [0.5, 0.6) is 0 Å². The standard InChI is InChI=1S/C16H21N3O3/c1-10(17)6-7-18-15(21)12-4-2-11(3-5-12)8-13-9-14(20)19-16(13)22/h2-5,10,13H,6-9,17H2,1H3,(H,18,21)(H,19,20,22). The zero-order chi connectivity index (χ0) is 16.1. The van der Waals surface area contributed by atoms with Crippen molar-refractivity contribution in [3.63, 3.8) is 0 Å². The van der Waals surface area contributed by atoms with E-state index >= 15 is 0 Å². The highest BCUT2D eigenvalue weighted by molar-refractivity contribution is 6.03. The second-order valence-corrected chi connectivity index (χ2v) is 5.74. The molecule has 6 nitrogen and oxygen atoms in total. The molecule has 4 N–H and O–H groups in total. The number of rotatable bonds is 6. The van der Waals surface area contributed by atoms with Crippen molar-refractivity contribution >= 4 is 17.7 Å². The Kier molecular flexibility index (Phi) is 5.27. The second-order valence-electron chi connectivity index (χ2n) is 5.74. The van der Waals surface area contributed by atoms with E-state index in [9.17, 15) is 14.4 Å². The molecule has 1 aliphatic heterocycles. The molecule has 22 heavy (non-hydrogen) atoms. The minimum atomic E-state index is -0.307. The number of nitrogens with one attached hydrogen (secondary N) is 2. The Hall–Kier alpha value is -2.21. The third-order valence-corrected chi connectivity index (χ3v) is 3.65. The minimum Gasteiger partial charge on any atom is -0.352 e. The average Bonchev–Trinajstić information content (AvgIpc) is 2.77. The van der Waals surface area contributed by atoms with Crippen molar-refractivity contribution in [1.82, 2.24) is 10.6 Å². The molecular formula is C16H21N3O3. The summed E-state index contributed by atoms with van der Waals surface area (Å²) in [6, 6.07) is 7.15. The third-order valence-electron chi connectivity index (χ3n) is 3.65. The van der Waals surface area contributed by atoms with Crippen LogP contribution in [-0.4, -0.2) is 30.3 Å². The van der Waals surface area contributed by atoms with Crippen molar-refractivity contribution in [3.8, 4) is 0 Å². The van der Waals surface area contributed by atoms with E-state index in [1.165, 1.54) is 0 Å². The molecule has 2 rings (SSSR count). The van der Waals surface area contributed by atoms with Crippen LogP contribution >= 0.6 is 0 Å². The molecule has 0 bridgehead atoms. The molecule has 0 saturated carbocycles. The summed E-state index contributed by atoms with van der Waals surface area (Å²) in [7, 11) is 0. The van der Waals surface area contributed by atoms with Crippen molar-refractivity contribution in [2.24, 2.45) is 11.7 Å². The fraction of sp³-hybridized carbons (Fsp3) is 0.438. The van der Waals surface area contributed by atoms with Crippen LogP contribution in [0.25, 0.3) is 0 Å². The average molecular weight is 303 g/mol. The molecule has 118 valence electrons. The predicted octanol–water partition coefficient (Wildman–Crippen LogP) is 0.359. The van der Waals surface area contributed by atoms with E-state index < -0.39 is 0 Å². The molecule has 0 aliphatic carbocycles. The summed E-state index contributed by atoms with van der Waals surface area (Å²) in [5.41, 5.74) is 7.13. The van der Waals surface area contributed by atoms with Gasteiger partial charge in [0.1, 0.15) is 0 Å². The van der Waals surface area contributed by atoms with Gasteiger partial charge < -0.3 is 11.1 Å². The van der Waals surface area contributed by atoms with Crippen LogP contribution in [-0.2, 0) is 16.0 Å². The molecule has 1 aromatic rings. The third kappa shape index (κ3) is 4.39. The van der Waals surface area contributed by atoms with Gasteiger partial charge in [0.25, 0.3) is 5.91 Å². The summed E-state index contributed by atoms with van der Waals surface area (Å²) >= 11 is 0. The largest absolute Gasteiger partial charge is 0.352 e. The molecule has 3 amide bonds.